The molecule has 3 aromatic rings. The number of benzene rings is 2. The van der Waals surface area contributed by atoms with Crippen molar-refractivity contribution in [3.8, 4) is 0 Å². The molecule has 0 saturated carbocycles. The van der Waals surface area contributed by atoms with Crippen molar-refractivity contribution in [1.29, 1.82) is 0 Å². The number of hydrogen-bond acceptors (Lipinski definition) is 0. The number of halogens is 1. The zero-order chi connectivity index (χ0) is 10.4. The van der Waals surface area contributed by atoms with Crippen molar-refractivity contribution in [2.24, 2.45) is 0 Å². The van der Waals surface area contributed by atoms with Crippen LogP contribution in [-0.2, 0) is 0 Å². The van der Waals surface area contributed by atoms with E-state index in [1.807, 2.05) is 0 Å². The minimum atomic E-state index is 1.26. The van der Waals surface area contributed by atoms with Gasteiger partial charge in [-0.1, -0.05) is 24.3 Å². The van der Waals surface area contributed by atoms with Crippen molar-refractivity contribution in [1.82, 2.24) is 3.55 Å². The number of fused-ring (bicyclic) bond motifs is 3. The zero-order valence-corrected chi connectivity index (χ0v) is 11.3. The fourth-order valence-electron chi connectivity index (χ4n) is 1.97. The van der Waals surface area contributed by atoms with Crippen molar-refractivity contribution < 1.29 is 0 Å². The summed E-state index contributed by atoms with van der Waals surface area (Å²) in [4.78, 5) is 0. The SMILES string of the molecule is [Al][n]1c2ccccc2c2ccc(I)cc21. The van der Waals surface area contributed by atoms with Crippen molar-refractivity contribution in [3.05, 3.63) is 46.0 Å². The predicted octanol–water partition coefficient (Wildman–Crippen LogP) is 3.33. The fraction of sp³-hybridized carbons (Fsp3) is 0. The van der Waals surface area contributed by atoms with E-state index in [-0.39, 0.29) is 0 Å². The van der Waals surface area contributed by atoms with Crippen LogP contribution in [0.3, 0.4) is 0 Å². The first-order chi connectivity index (χ1) is 7.27. The van der Waals surface area contributed by atoms with E-state index in [1.165, 1.54) is 25.4 Å². The van der Waals surface area contributed by atoms with E-state index in [0.717, 1.165) is 0 Å². The van der Waals surface area contributed by atoms with E-state index in [9.17, 15) is 0 Å². The van der Waals surface area contributed by atoms with E-state index in [2.05, 4.69) is 85.1 Å². The van der Waals surface area contributed by atoms with E-state index in [0.29, 0.717) is 0 Å². The molecule has 0 unspecified atom stereocenters. The molecule has 0 N–H and O–H groups in total. The third kappa shape index (κ3) is 1.42. The Morgan fingerprint density at radius 2 is 1.67 bits per heavy atom. The Morgan fingerprint density at radius 3 is 2.53 bits per heavy atom. The molecule has 0 aliphatic carbocycles. The van der Waals surface area contributed by atoms with Gasteiger partial charge in [0.1, 0.15) is 0 Å². The average Bonchev–Trinajstić information content (AvgIpc) is 2.54. The lowest BCUT2D eigenvalue weighted by molar-refractivity contribution is 1.39. The van der Waals surface area contributed by atoms with Gasteiger partial charge in [0.25, 0.3) is 0 Å². The first-order valence-electron chi connectivity index (χ1n) is 4.71. The van der Waals surface area contributed by atoms with Crippen LogP contribution in [0.1, 0.15) is 0 Å². The van der Waals surface area contributed by atoms with Crippen molar-refractivity contribution in [2.45, 2.75) is 0 Å². The van der Waals surface area contributed by atoms with E-state index < -0.39 is 0 Å². The molecule has 0 aliphatic rings. The standard InChI is InChI=1S/C12H7IN.Al/c13-8-5-6-10-9-3-1-2-4-11(9)14-12(10)7-8;/h1-7H;/q-1;+1. The molecule has 0 spiro atoms. The highest BCUT2D eigenvalue weighted by atomic mass is 127. The van der Waals surface area contributed by atoms with Crippen LogP contribution in [0.15, 0.2) is 42.5 Å². The van der Waals surface area contributed by atoms with Gasteiger partial charge in [-0.25, -0.2) is 0 Å². The number of hydrogen-bond donors (Lipinski definition) is 0. The molecule has 2 aromatic carbocycles. The third-order valence-corrected chi connectivity index (χ3v) is 3.90. The Labute approximate surface area is 110 Å². The maximum absolute atomic E-state index is 2.78. The summed E-state index contributed by atoms with van der Waals surface area (Å²) < 4.78 is 3.44. The van der Waals surface area contributed by atoms with Gasteiger partial charge < -0.3 is 3.55 Å². The highest BCUT2D eigenvalue weighted by molar-refractivity contribution is 14.1. The highest BCUT2D eigenvalue weighted by Crippen LogP contribution is 2.28. The third-order valence-electron chi connectivity index (χ3n) is 2.67. The molecule has 1 nitrogen and oxygen atoms in total. The molecule has 0 fully saturated rings. The topological polar surface area (TPSA) is 4.93 Å². The van der Waals surface area contributed by atoms with Crippen LogP contribution >= 0.6 is 22.6 Å². The molecule has 0 amide bonds. The number of para-hydroxylation sites is 1. The second kappa shape index (κ2) is 3.52. The summed E-state index contributed by atoms with van der Waals surface area (Å²) in [6.45, 7) is 0. The van der Waals surface area contributed by atoms with Crippen molar-refractivity contribution in [3.63, 3.8) is 0 Å². The van der Waals surface area contributed by atoms with Crippen LogP contribution in [0.2, 0.25) is 0 Å². The molecule has 0 saturated heterocycles. The van der Waals surface area contributed by atoms with Gasteiger partial charge >= 0.3 is 16.5 Å². The Morgan fingerprint density at radius 1 is 0.933 bits per heavy atom. The van der Waals surface area contributed by atoms with Crippen LogP contribution in [0, 0.1) is 3.57 Å². The summed E-state index contributed by atoms with van der Waals surface area (Å²) in [6.07, 6.45) is 0. The van der Waals surface area contributed by atoms with Crippen LogP contribution in [-0.4, -0.2) is 20.1 Å². The smallest absolute Gasteiger partial charge is 0.318 e. The summed E-state index contributed by atoms with van der Waals surface area (Å²) in [6, 6.07) is 15.0. The molecule has 1 heterocycles. The molecule has 1 aromatic heterocycles. The summed E-state index contributed by atoms with van der Waals surface area (Å²) in [5, 5.41) is 2.64. The highest BCUT2D eigenvalue weighted by Gasteiger charge is 2.05. The van der Waals surface area contributed by atoms with Crippen LogP contribution in [0.5, 0.6) is 0 Å². The molecule has 15 heavy (non-hydrogen) atoms. The maximum Gasteiger partial charge on any atom is 0.318 e. The van der Waals surface area contributed by atoms with Gasteiger partial charge in [0.15, 0.2) is 0 Å². The van der Waals surface area contributed by atoms with E-state index in [4.69, 9.17) is 0 Å². The van der Waals surface area contributed by atoms with Gasteiger partial charge in [0, 0.05) is 25.4 Å². The first-order valence-corrected chi connectivity index (χ1v) is 6.30. The lowest BCUT2D eigenvalue weighted by Crippen LogP contribution is -1.89. The maximum atomic E-state index is 2.78. The minimum Gasteiger partial charge on any atom is -0.452 e. The van der Waals surface area contributed by atoms with Gasteiger partial charge in [-0.3, -0.25) is 0 Å². The quantitative estimate of drug-likeness (QED) is 0.442. The first kappa shape index (κ1) is 9.71. The van der Waals surface area contributed by atoms with Gasteiger partial charge in [-0.05, 0) is 40.8 Å². The number of rotatable bonds is 0. The second-order valence-corrected chi connectivity index (χ2v) is 5.31. The molecule has 0 bridgehead atoms. The lowest BCUT2D eigenvalue weighted by Gasteiger charge is -1.99. The minimum absolute atomic E-state index is 1.26. The normalized spacial score (nSPS) is 11.3. The molecule has 3 heteroatoms. The summed E-state index contributed by atoms with van der Waals surface area (Å²) in [7, 11) is 0. The van der Waals surface area contributed by atoms with Crippen molar-refractivity contribution >= 4 is 60.9 Å². The average molecular weight is 319 g/mol. The van der Waals surface area contributed by atoms with Crippen LogP contribution < -0.4 is 0 Å². The Hall–Kier alpha value is -0.498. The van der Waals surface area contributed by atoms with Gasteiger partial charge in [0.05, 0.1) is 0 Å². The van der Waals surface area contributed by atoms with Crippen LogP contribution in [0.25, 0.3) is 21.8 Å². The largest absolute Gasteiger partial charge is 0.452 e. The molecule has 3 rings (SSSR count). The summed E-state index contributed by atoms with van der Waals surface area (Å²) in [5.74, 6) is 0. The Bertz CT molecular complexity index is 657. The molecule has 2 radical (unpaired) electrons. The van der Waals surface area contributed by atoms with Crippen molar-refractivity contribution in [2.75, 3.05) is 0 Å². The van der Waals surface area contributed by atoms with E-state index >= 15 is 0 Å². The molecule has 70 valence electrons. The molecule has 0 atom stereocenters. The monoisotopic (exact) mass is 319 g/mol. The molecular weight excluding hydrogens is 312 g/mol. The molecular formula is C12H7AlIN. The Kier molecular flexibility index (Phi) is 2.28. The summed E-state index contributed by atoms with van der Waals surface area (Å²) >= 11 is 5.13. The van der Waals surface area contributed by atoms with Crippen LogP contribution in [0.4, 0.5) is 0 Å². The summed E-state index contributed by atoms with van der Waals surface area (Å²) in [5.41, 5.74) is 2.53. The zero-order valence-electron chi connectivity index (χ0n) is 7.94. The predicted molar refractivity (Wildman–Crippen MR) is 73.3 cm³/mol. The number of aromatic nitrogens is 1. The fourth-order valence-corrected chi connectivity index (χ4v) is 2.89. The molecule has 0 aliphatic heterocycles. The second-order valence-electron chi connectivity index (χ2n) is 3.55. The van der Waals surface area contributed by atoms with Gasteiger partial charge in [-0.15, -0.1) is 0 Å². The number of nitrogens with zero attached hydrogens (tertiary/aromatic N) is 1. The van der Waals surface area contributed by atoms with E-state index in [1.54, 1.807) is 0 Å². The lowest BCUT2D eigenvalue weighted by atomic mass is 10.2. The van der Waals surface area contributed by atoms with Gasteiger partial charge in [-0.2, -0.15) is 0 Å². The van der Waals surface area contributed by atoms with Gasteiger partial charge in [0.2, 0.25) is 0 Å². The Balaban J connectivity index is 2.63.